The Kier molecular flexibility index (Phi) is 4.87. The molecule has 0 unspecified atom stereocenters. The summed E-state index contributed by atoms with van der Waals surface area (Å²) in [7, 11) is 4.13. The molecule has 0 amide bonds. The fourth-order valence-corrected chi connectivity index (χ4v) is 3.45. The molecule has 0 saturated carbocycles. The Morgan fingerprint density at radius 3 is 2.52 bits per heavy atom. The van der Waals surface area contributed by atoms with Crippen LogP contribution in [0.2, 0.25) is 0 Å². The van der Waals surface area contributed by atoms with Crippen molar-refractivity contribution in [3.63, 3.8) is 0 Å². The molecular formula is C22H26N2O. The van der Waals surface area contributed by atoms with Crippen LogP contribution in [0.25, 0.3) is 0 Å². The molecule has 0 aliphatic carbocycles. The average Bonchev–Trinajstić information content (AvgIpc) is 2.55. The zero-order valence-corrected chi connectivity index (χ0v) is 15.5. The van der Waals surface area contributed by atoms with E-state index < -0.39 is 0 Å². The first kappa shape index (κ1) is 17.6. The predicted molar refractivity (Wildman–Crippen MR) is 104 cm³/mol. The van der Waals surface area contributed by atoms with Crippen LogP contribution in [-0.4, -0.2) is 36.0 Å². The number of Topliss-reactive ketones (excluding diaryl/α,β-unsaturated/α-hetero) is 1. The molecule has 0 bridgehead atoms. The maximum Gasteiger partial charge on any atom is 0.168 e. The van der Waals surface area contributed by atoms with Gasteiger partial charge in [0.1, 0.15) is 0 Å². The summed E-state index contributed by atoms with van der Waals surface area (Å²) in [6, 6.07) is 16.1. The molecule has 25 heavy (non-hydrogen) atoms. The van der Waals surface area contributed by atoms with Gasteiger partial charge in [-0.05, 0) is 57.1 Å². The molecule has 130 valence electrons. The second-order valence-corrected chi connectivity index (χ2v) is 7.74. The molecule has 0 fully saturated rings. The van der Waals surface area contributed by atoms with Crippen molar-refractivity contribution in [2.24, 2.45) is 4.99 Å². The molecule has 1 heterocycles. The molecule has 0 spiro atoms. The van der Waals surface area contributed by atoms with Crippen LogP contribution in [0.4, 0.5) is 0 Å². The van der Waals surface area contributed by atoms with E-state index in [1.165, 1.54) is 11.1 Å². The van der Waals surface area contributed by atoms with Gasteiger partial charge in [-0.2, -0.15) is 0 Å². The van der Waals surface area contributed by atoms with Crippen molar-refractivity contribution in [1.29, 1.82) is 0 Å². The van der Waals surface area contributed by atoms with Crippen LogP contribution in [0.1, 0.15) is 47.3 Å². The van der Waals surface area contributed by atoms with Gasteiger partial charge < -0.3 is 4.90 Å². The van der Waals surface area contributed by atoms with E-state index in [9.17, 15) is 4.79 Å². The van der Waals surface area contributed by atoms with Crippen molar-refractivity contribution in [2.75, 3.05) is 14.1 Å². The first-order valence-electron chi connectivity index (χ1n) is 8.78. The van der Waals surface area contributed by atoms with Gasteiger partial charge in [0.25, 0.3) is 0 Å². The molecule has 3 heteroatoms. The molecular weight excluding hydrogens is 308 g/mol. The number of benzene rings is 2. The summed E-state index contributed by atoms with van der Waals surface area (Å²) >= 11 is 0. The van der Waals surface area contributed by atoms with Crippen LogP contribution < -0.4 is 0 Å². The third-order valence-corrected chi connectivity index (χ3v) is 4.47. The van der Waals surface area contributed by atoms with Crippen molar-refractivity contribution in [3.05, 3.63) is 70.8 Å². The Morgan fingerprint density at radius 1 is 1.12 bits per heavy atom. The maximum absolute atomic E-state index is 12.7. The van der Waals surface area contributed by atoms with Crippen LogP contribution in [0.5, 0.6) is 0 Å². The van der Waals surface area contributed by atoms with E-state index in [4.69, 9.17) is 4.99 Å². The molecule has 0 N–H and O–H groups in total. The average molecular weight is 334 g/mol. The fourth-order valence-electron chi connectivity index (χ4n) is 3.45. The third kappa shape index (κ3) is 4.23. The Hall–Kier alpha value is -2.26. The van der Waals surface area contributed by atoms with Crippen molar-refractivity contribution in [2.45, 2.75) is 38.8 Å². The smallest absolute Gasteiger partial charge is 0.168 e. The number of hydrogen-bond donors (Lipinski definition) is 0. The van der Waals surface area contributed by atoms with Gasteiger partial charge in [0.2, 0.25) is 0 Å². The minimum absolute atomic E-state index is 0.126. The quantitative estimate of drug-likeness (QED) is 0.770. The largest absolute Gasteiger partial charge is 0.305 e. The van der Waals surface area contributed by atoms with E-state index in [2.05, 4.69) is 51.0 Å². The number of ketones is 1. The predicted octanol–water partition coefficient (Wildman–Crippen LogP) is 4.15. The van der Waals surface area contributed by atoms with Gasteiger partial charge in [0, 0.05) is 12.1 Å². The van der Waals surface area contributed by atoms with E-state index in [0.717, 1.165) is 29.8 Å². The Balaban J connectivity index is 1.94. The summed E-state index contributed by atoms with van der Waals surface area (Å²) in [5, 5.41) is 0. The van der Waals surface area contributed by atoms with E-state index in [0.29, 0.717) is 6.42 Å². The number of hydrogen-bond acceptors (Lipinski definition) is 3. The van der Waals surface area contributed by atoms with E-state index in [-0.39, 0.29) is 11.3 Å². The highest BCUT2D eigenvalue weighted by atomic mass is 16.1. The third-order valence-electron chi connectivity index (χ3n) is 4.47. The van der Waals surface area contributed by atoms with Crippen LogP contribution in [0.15, 0.2) is 53.5 Å². The number of fused-ring (bicyclic) bond motifs is 1. The van der Waals surface area contributed by atoms with Crippen molar-refractivity contribution < 1.29 is 4.79 Å². The second-order valence-electron chi connectivity index (χ2n) is 7.74. The summed E-state index contributed by atoms with van der Waals surface area (Å²) in [6.07, 6.45) is 1.26. The normalized spacial score (nSPS) is 15.6. The Morgan fingerprint density at radius 2 is 1.84 bits per heavy atom. The van der Waals surface area contributed by atoms with Crippen LogP contribution >= 0.6 is 0 Å². The van der Waals surface area contributed by atoms with Gasteiger partial charge in [-0.15, -0.1) is 0 Å². The molecule has 1 aliphatic heterocycles. The molecule has 3 rings (SSSR count). The Labute approximate surface area is 150 Å². The first-order chi connectivity index (χ1) is 11.8. The number of nitrogens with zero attached hydrogens (tertiary/aromatic N) is 2. The summed E-state index contributed by atoms with van der Waals surface area (Å²) in [5.41, 5.74) is 5.19. The highest BCUT2D eigenvalue weighted by Crippen LogP contribution is 2.29. The van der Waals surface area contributed by atoms with Crippen molar-refractivity contribution >= 4 is 11.5 Å². The van der Waals surface area contributed by atoms with Crippen molar-refractivity contribution in [3.8, 4) is 0 Å². The standard InChI is InChI=1S/C22H26N2O/c1-22(2)14-18-11-10-16(15-24(3)4)12-19(18)20(23-22)13-21(25)17-8-6-5-7-9-17/h5-12H,13-15H2,1-4H3. The number of carbonyl (C=O) groups is 1. The first-order valence-corrected chi connectivity index (χ1v) is 8.78. The van der Waals surface area contributed by atoms with Gasteiger partial charge in [-0.3, -0.25) is 9.79 Å². The zero-order valence-electron chi connectivity index (χ0n) is 15.5. The SMILES string of the molecule is CN(C)Cc1ccc2c(c1)C(CC(=O)c1ccccc1)=NC(C)(C)C2. The highest BCUT2D eigenvalue weighted by molar-refractivity contribution is 6.16. The monoisotopic (exact) mass is 334 g/mol. The molecule has 0 saturated heterocycles. The van der Waals surface area contributed by atoms with Gasteiger partial charge in [0.05, 0.1) is 17.7 Å². The molecule has 0 atom stereocenters. The lowest BCUT2D eigenvalue weighted by molar-refractivity contribution is 0.100. The number of aliphatic imine (C=N–C) groups is 1. The molecule has 2 aromatic rings. The van der Waals surface area contributed by atoms with Gasteiger partial charge in [-0.1, -0.05) is 42.5 Å². The van der Waals surface area contributed by atoms with Crippen LogP contribution in [-0.2, 0) is 13.0 Å². The molecule has 0 aromatic heterocycles. The summed E-state index contributed by atoms with van der Waals surface area (Å²) in [4.78, 5) is 19.8. The van der Waals surface area contributed by atoms with Crippen LogP contribution in [0, 0.1) is 0 Å². The van der Waals surface area contributed by atoms with E-state index in [1.807, 2.05) is 30.3 Å². The summed E-state index contributed by atoms with van der Waals surface area (Å²) < 4.78 is 0. The fraction of sp³-hybridized carbons (Fsp3) is 0.364. The number of rotatable bonds is 5. The second kappa shape index (κ2) is 6.93. The lowest BCUT2D eigenvalue weighted by Crippen LogP contribution is -2.30. The van der Waals surface area contributed by atoms with Gasteiger partial charge in [-0.25, -0.2) is 0 Å². The lowest BCUT2D eigenvalue weighted by Gasteiger charge is -2.29. The zero-order chi connectivity index (χ0) is 18.0. The molecule has 0 radical (unpaired) electrons. The van der Waals surface area contributed by atoms with Crippen LogP contribution in [0.3, 0.4) is 0 Å². The van der Waals surface area contributed by atoms with E-state index >= 15 is 0 Å². The minimum Gasteiger partial charge on any atom is -0.305 e. The Bertz CT molecular complexity index is 804. The molecule has 2 aromatic carbocycles. The van der Waals surface area contributed by atoms with Gasteiger partial charge >= 0.3 is 0 Å². The molecule has 1 aliphatic rings. The maximum atomic E-state index is 12.7. The highest BCUT2D eigenvalue weighted by Gasteiger charge is 2.28. The topological polar surface area (TPSA) is 32.7 Å². The minimum atomic E-state index is -0.164. The van der Waals surface area contributed by atoms with Gasteiger partial charge in [0.15, 0.2) is 5.78 Å². The summed E-state index contributed by atoms with van der Waals surface area (Å²) in [6.45, 7) is 5.16. The summed E-state index contributed by atoms with van der Waals surface area (Å²) in [5.74, 6) is 0.126. The number of carbonyl (C=O) groups excluding carboxylic acids is 1. The van der Waals surface area contributed by atoms with E-state index in [1.54, 1.807) is 0 Å². The molecule has 3 nitrogen and oxygen atoms in total. The lowest BCUT2D eigenvalue weighted by atomic mass is 9.84. The van der Waals surface area contributed by atoms with Crippen molar-refractivity contribution in [1.82, 2.24) is 4.90 Å².